The maximum absolute atomic E-state index is 6.19. The largest absolute Gasteiger partial charge is 0.493 e. The second-order valence-corrected chi connectivity index (χ2v) is 6.35. The summed E-state index contributed by atoms with van der Waals surface area (Å²) in [6, 6.07) is 4.04. The Kier molecular flexibility index (Phi) is 6.53. The van der Waals surface area contributed by atoms with Crippen LogP contribution in [0.5, 0.6) is 11.5 Å². The Labute approximate surface area is 145 Å². The Bertz CT molecular complexity index is 599. The van der Waals surface area contributed by atoms with E-state index < -0.39 is 0 Å². The number of ether oxygens (including phenoxy) is 2. The van der Waals surface area contributed by atoms with Crippen LogP contribution in [0, 0.1) is 5.92 Å². The molecule has 24 heavy (non-hydrogen) atoms. The first-order chi connectivity index (χ1) is 11.6. The number of likely N-dealkylation sites (tertiary alicyclic amines) is 1. The van der Waals surface area contributed by atoms with E-state index in [1.807, 2.05) is 12.1 Å². The fraction of sp³-hybridized carbons (Fsp3) is 0.526. The zero-order valence-corrected chi connectivity index (χ0v) is 15.0. The Morgan fingerprint density at radius 3 is 2.83 bits per heavy atom. The van der Waals surface area contributed by atoms with Gasteiger partial charge in [0.1, 0.15) is 0 Å². The van der Waals surface area contributed by atoms with Crippen LogP contribution >= 0.6 is 0 Å². The molecule has 1 aromatic carbocycles. The molecule has 2 rings (SSSR count). The van der Waals surface area contributed by atoms with Gasteiger partial charge < -0.3 is 20.1 Å². The Morgan fingerprint density at radius 1 is 1.42 bits per heavy atom. The maximum Gasteiger partial charge on any atom is 0.191 e. The van der Waals surface area contributed by atoms with Crippen molar-refractivity contribution in [2.45, 2.75) is 32.7 Å². The molecule has 1 atom stereocenters. The number of guanidine groups is 1. The number of aliphatic imine (C=N–C) groups is 1. The van der Waals surface area contributed by atoms with Crippen LogP contribution in [0.25, 0.3) is 0 Å². The van der Waals surface area contributed by atoms with Crippen molar-refractivity contribution in [1.29, 1.82) is 0 Å². The average molecular weight is 331 g/mol. The van der Waals surface area contributed by atoms with Crippen molar-refractivity contribution in [3.05, 3.63) is 35.9 Å². The molecule has 1 aliphatic heterocycles. The van der Waals surface area contributed by atoms with E-state index in [1.54, 1.807) is 14.2 Å². The summed E-state index contributed by atoms with van der Waals surface area (Å²) in [4.78, 5) is 6.76. The lowest BCUT2D eigenvalue weighted by atomic mass is 10.0. The Hall–Kier alpha value is -2.17. The lowest BCUT2D eigenvalue weighted by molar-refractivity contribution is 0.270. The van der Waals surface area contributed by atoms with Gasteiger partial charge in [0, 0.05) is 18.7 Å². The van der Waals surface area contributed by atoms with Crippen LogP contribution in [-0.4, -0.2) is 38.2 Å². The molecule has 0 aliphatic carbocycles. The van der Waals surface area contributed by atoms with E-state index >= 15 is 0 Å². The summed E-state index contributed by atoms with van der Waals surface area (Å²) in [5, 5.41) is 0. The standard InChI is InChI=1S/C19H29N3O2/c1-5-7-16-10-15(11-17(23-3)18(16)24-4)12-21-19(20)22-9-6-8-14(2)13-22/h5,10-11,14H,1,6-9,12-13H2,2-4H3,(H2,20,21). The van der Waals surface area contributed by atoms with E-state index in [0.29, 0.717) is 24.2 Å². The predicted molar refractivity (Wildman–Crippen MR) is 98.7 cm³/mol. The Balaban J connectivity index is 2.17. The van der Waals surface area contributed by atoms with E-state index in [1.165, 1.54) is 12.8 Å². The van der Waals surface area contributed by atoms with Crippen molar-refractivity contribution in [3.63, 3.8) is 0 Å². The molecule has 0 spiro atoms. The fourth-order valence-electron chi connectivity index (χ4n) is 3.17. The average Bonchev–Trinajstić information content (AvgIpc) is 2.59. The highest BCUT2D eigenvalue weighted by Gasteiger charge is 2.18. The lowest BCUT2D eigenvalue weighted by Crippen LogP contribution is -2.43. The fourth-order valence-corrected chi connectivity index (χ4v) is 3.17. The molecule has 1 unspecified atom stereocenters. The third-order valence-electron chi connectivity index (χ3n) is 4.38. The first-order valence-corrected chi connectivity index (χ1v) is 8.48. The summed E-state index contributed by atoms with van der Waals surface area (Å²) in [5.41, 5.74) is 8.28. The van der Waals surface area contributed by atoms with Gasteiger partial charge in [0.2, 0.25) is 0 Å². The summed E-state index contributed by atoms with van der Waals surface area (Å²) in [5.74, 6) is 2.77. The molecule has 0 amide bonds. The van der Waals surface area contributed by atoms with Gasteiger partial charge in [0.25, 0.3) is 0 Å². The zero-order valence-electron chi connectivity index (χ0n) is 15.0. The minimum Gasteiger partial charge on any atom is -0.493 e. The molecule has 0 bridgehead atoms. The lowest BCUT2D eigenvalue weighted by Gasteiger charge is -2.31. The molecule has 0 radical (unpaired) electrons. The summed E-state index contributed by atoms with van der Waals surface area (Å²) in [7, 11) is 3.30. The highest BCUT2D eigenvalue weighted by atomic mass is 16.5. The summed E-state index contributed by atoms with van der Waals surface area (Å²) in [6.45, 7) is 8.58. The van der Waals surface area contributed by atoms with Crippen molar-refractivity contribution in [2.75, 3.05) is 27.3 Å². The van der Waals surface area contributed by atoms with Crippen LogP contribution in [0.1, 0.15) is 30.9 Å². The molecule has 0 aromatic heterocycles. The summed E-state index contributed by atoms with van der Waals surface area (Å²) >= 11 is 0. The monoisotopic (exact) mass is 331 g/mol. The van der Waals surface area contributed by atoms with E-state index in [0.717, 1.165) is 36.4 Å². The smallest absolute Gasteiger partial charge is 0.191 e. The number of nitrogens with zero attached hydrogens (tertiary/aromatic N) is 2. The molecule has 2 N–H and O–H groups in total. The van der Waals surface area contributed by atoms with E-state index in [4.69, 9.17) is 15.2 Å². The number of allylic oxidation sites excluding steroid dienone is 1. The van der Waals surface area contributed by atoms with Crippen molar-refractivity contribution >= 4 is 5.96 Å². The van der Waals surface area contributed by atoms with Gasteiger partial charge >= 0.3 is 0 Å². The van der Waals surface area contributed by atoms with Crippen LogP contribution < -0.4 is 15.2 Å². The van der Waals surface area contributed by atoms with Crippen molar-refractivity contribution in [1.82, 2.24) is 4.90 Å². The van der Waals surface area contributed by atoms with E-state index in [9.17, 15) is 0 Å². The summed E-state index contributed by atoms with van der Waals surface area (Å²) in [6.07, 6.45) is 5.02. The van der Waals surface area contributed by atoms with Crippen LogP contribution in [0.4, 0.5) is 0 Å². The second-order valence-electron chi connectivity index (χ2n) is 6.35. The number of nitrogens with two attached hydrogens (primary N) is 1. The molecule has 5 nitrogen and oxygen atoms in total. The molecule has 1 aliphatic rings. The minimum absolute atomic E-state index is 0.529. The topological polar surface area (TPSA) is 60.1 Å². The van der Waals surface area contributed by atoms with Gasteiger partial charge in [-0.05, 0) is 42.9 Å². The third kappa shape index (κ3) is 4.43. The van der Waals surface area contributed by atoms with Crippen LogP contribution in [0.3, 0.4) is 0 Å². The molecular weight excluding hydrogens is 302 g/mol. The number of hydrogen-bond donors (Lipinski definition) is 1. The van der Waals surface area contributed by atoms with E-state index in [2.05, 4.69) is 29.5 Å². The number of benzene rings is 1. The van der Waals surface area contributed by atoms with E-state index in [-0.39, 0.29) is 0 Å². The third-order valence-corrected chi connectivity index (χ3v) is 4.38. The SMILES string of the molecule is C=CCc1cc(CN=C(N)N2CCCC(C)C2)cc(OC)c1OC. The number of hydrogen-bond acceptors (Lipinski definition) is 3. The van der Waals surface area contributed by atoms with Gasteiger partial charge in [-0.1, -0.05) is 13.0 Å². The normalized spacial score (nSPS) is 18.4. The zero-order chi connectivity index (χ0) is 17.5. The van der Waals surface area contributed by atoms with Crippen molar-refractivity contribution < 1.29 is 9.47 Å². The molecule has 1 aromatic rings. The molecule has 1 fully saturated rings. The highest BCUT2D eigenvalue weighted by molar-refractivity contribution is 5.78. The summed E-state index contributed by atoms with van der Waals surface area (Å²) < 4.78 is 10.9. The predicted octanol–water partition coefficient (Wildman–Crippen LogP) is 2.98. The minimum atomic E-state index is 0.529. The molecule has 0 saturated carbocycles. The quantitative estimate of drug-likeness (QED) is 0.494. The van der Waals surface area contributed by atoms with Crippen molar-refractivity contribution in [2.24, 2.45) is 16.6 Å². The van der Waals surface area contributed by atoms with Crippen LogP contribution in [-0.2, 0) is 13.0 Å². The Morgan fingerprint density at radius 2 is 2.21 bits per heavy atom. The number of piperidine rings is 1. The van der Waals surface area contributed by atoms with Gasteiger partial charge in [-0.2, -0.15) is 0 Å². The number of rotatable bonds is 6. The molecule has 132 valence electrons. The van der Waals surface area contributed by atoms with Crippen molar-refractivity contribution in [3.8, 4) is 11.5 Å². The van der Waals surface area contributed by atoms with Gasteiger partial charge in [-0.15, -0.1) is 6.58 Å². The molecule has 1 saturated heterocycles. The molecular formula is C19H29N3O2. The number of methoxy groups -OCH3 is 2. The van der Waals surface area contributed by atoms with Gasteiger partial charge in [0.05, 0.1) is 20.8 Å². The molecule has 5 heteroatoms. The first-order valence-electron chi connectivity index (χ1n) is 8.48. The second kappa shape index (κ2) is 8.62. The maximum atomic E-state index is 6.19. The van der Waals surface area contributed by atoms with Gasteiger partial charge in [0.15, 0.2) is 17.5 Å². The molecule has 1 heterocycles. The first kappa shape index (κ1) is 18.2. The van der Waals surface area contributed by atoms with Gasteiger partial charge in [-0.25, -0.2) is 4.99 Å². The highest BCUT2D eigenvalue weighted by Crippen LogP contribution is 2.33. The van der Waals surface area contributed by atoms with Crippen LogP contribution in [0.2, 0.25) is 0 Å². The van der Waals surface area contributed by atoms with Crippen LogP contribution in [0.15, 0.2) is 29.8 Å². The van der Waals surface area contributed by atoms with Gasteiger partial charge in [-0.3, -0.25) is 0 Å².